The fourth-order valence-corrected chi connectivity index (χ4v) is 3.22. The highest BCUT2D eigenvalue weighted by Crippen LogP contribution is 2.24. The van der Waals surface area contributed by atoms with Gasteiger partial charge >= 0.3 is 0 Å². The summed E-state index contributed by atoms with van der Waals surface area (Å²) < 4.78 is 30.4. The number of furan rings is 1. The molecule has 4 aromatic rings. The SMILES string of the molecule is CS(=O)(=O)c1ccc(-c2cn3cc(-c4ccco4)ccc3n2)cc1. The summed E-state index contributed by atoms with van der Waals surface area (Å²) >= 11 is 0. The Morgan fingerprint density at radius 3 is 2.38 bits per heavy atom. The lowest BCUT2D eigenvalue weighted by Gasteiger charge is -1.99. The second kappa shape index (κ2) is 5.35. The van der Waals surface area contributed by atoms with Gasteiger partial charge in [-0.1, -0.05) is 12.1 Å². The summed E-state index contributed by atoms with van der Waals surface area (Å²) in [5.74, 6) is 0.796. The largest absolute Gasteiger partial charge is 0.464 e. The van der Waals surface area contributed by atoms with Crippen LogP contribution in [-0.4, -0.2) is 24.1 Å². The molecule has 0 saturated heterocycles. The number of nitrogens with zero attached hydrogens (tertiary/aromatic N) is 2. The lowest BCUT2D eigenvalue weighted by molar-refractivity contribution is 0.582. The second-order valence-electron chi connectivity index (χ2n) is 5.58. The van der Waals surface area contributed by atoms with Gasteiger partial charge < -0.3 is 8.82 Å². The van der Waals surface area contributed by atoms with Crippen LogP contribution in [0.2, 0.25) is 0 Å². The molecule has 0 amide bonds. The fourth-order valence-electron chi connectivity index (χ4n) is 2.59. The second-order valence-corrected chi connectivity index (χ2v) is 7.60. The quantitative estimate of drug-likeness (QED) is 0.572. The van der Waals surface area contributed by atoms with Crippen molar-refractivity contribution in [3.05, 3.63) is 67.2 Å². The lowest BCUT2D eigenvalue weighted by Crippen LogP contribution is -1.96. The van der Waals surface area contributed by atoms with Crippen LogP contribution in [0.15, 0.2) is 76.5 Å². The van der Waals surface area contributed by atoms with Crippen LogP contribution in [0.3, 0.4) is 0 Å². The van der Waals surface area contributed by atoms with Gasteiger partial charge in [0.2, 0.25) is 0 Å². The van der Waals surface area contributed by atoms with Gasteiger partial charge in [0.05, 0.1) is 16.9 Å². The summed E-state index contributed by atoms with van der Waals surface area (Å²) in [4.78, 5) is 4.88. The minimum absolute atomic E-state index is 0.301. The zero-order valence-electron chi connectivity index (χ0n) is 12.9. The highest BCUT2D eigenvalue weighted by Gasteiger charge is 2.10. The summed E-state index contributed by atoms with van der Waals surface area (Å²) in [6.45, 7) is 0. The molecule has 1 aromatic carbocycles. The van der Waals surface area contributed by atoms with E-state index in [1.807, 2.05) is 41.1 Å². The first-order chi connectivity index (χ1) is 11.5. The van der Waals surface area contributed by atoms with Crippen molar-refractivity contribution in [2.45, 2.75) is 4.90 Å². The van der Waals surface area contributed by atoms with Crippen LogP contribution >= 0.6 is 0 Å². The third-order valence-corrected chi connectivity index (χ3v) is 4.96. The molecule has 3 aromatic heterocycles. The Bertz CT molecular complexity index is 1110. The number of hydrogen-bond donors (Lipinski definition) is 0. The van der Waals surface area contributed by atoms with E-state index < -0.39 is 9.84 Å². The summed E-state index contributed by atoms with van der Waals surface area (Å²) in [5, 5.41) is 0. The Hall–Kier alpha value is -2.86. The fraction of sp³-hybridized carbons (Fsp3) is 0.0556. The van der Waals surface area contributed by atoms with Gasteiger partial charge in [-0.2, -0.15) is 0 Å². The molecule has 5 nitrogen and oxygen atoms in total. The zero-order valence-corrected chi connectivity index (χ0v) is 13.7. The normalized spacial score (nSPS) is 11.9. The van der Waals surface area contributed by atoms with Crippen molar-refractivity contribution in [3.63, 3.8) is 0 Å². The molecule has 120 valence electrons. The van der Waals surface area contributed by atoms with E-state index in [1.165, 1.54) is 6.26 Å². The average molecular weight is 338 g/mol. The topological polar surface area (TPSA) is 64.6 Å². The van der Waals surface area contributed by atoms with Gasteiger partial charge in [0.25, 0.3) is 0 Å². The van der Waals surface area contributed by atoms with E-state index in [4.69, 9.17) is 4.42 Å². The first-order valence-electron chi connectivity index (χ1n) is 7.34. The molecule has 0 spiro atoms. The maximum atomic E-state index is 11.5. The van der Waals surface area contributed by atoms with Gasteiger partial charge in [0, 0.05) is 29.8 Å². The number of rotatable bonds is 3. The molecular formula is C18H14N2O3S. The van der Waals surface area contributed by atoms with E-state index in [-0.39, 0.29) is 0 Å². The molecule has 3 heterocycles. The molecule has 0 bridgehead atoms. The Labute approximate surface area is 139 Å². The van der Waals surface area contributed by atoms with Crippen LogP contribution in [0.5, 0.6) is 0 Å². The first kappa shape index (κ1) is 14.7. The van der Waals surface area contributed by atoms with E-state index in [0.717, 1.165) is 28.2 Å². The average Bonchev–Trinajstić information content (AvgIpc) is 3.23. The molecule has 4 rings (SSSR count). The molecule has 0 aliphatic rings. The number of fused-ring (bicyclic) bond motifs is 1. The van der Waals surface area contributed by atoms with Crippen molar-refractivity contribution >= 4 is 15.5 Å². The van der Waals surface area contributed by atoms with Crippen LogP contribution in [0, 0.1) is 0 Å². The molecule has 24 heavy (non-hydrogen) atoms. The van der Waals surface area contributed by atoms with Crippen molar-refractivity contribution in [2.24, 2.45) is 0 Å². The standard InChI is InChI=1S/C18H14N2O3S/c1-24(21,22)15-7-4-13(5-8-15)16-12-20-11-14(6-9-18(20)19-16)17-3-2-10-23-17/h2-12H,1H3. The van der Waals surface area contributed by atoms with Gasteiger partial charge in [0.1, 0.15) is 11.4 Å². The van der Waals surface area contributed by atoms with Crippen molar-refractivity contribution in [2.75, 3.05) is 6.26 Å². The van der Waals surface area contributed by atoms with Gasteiger partial charge in [-0.3, -0.25) is 0 Å². The zero-order chi connectivity index (χ0) is 16.7. The first-order valence-corrected chi connectivity index (χ1v) is 9.23. The molecule has 6 heteroatoms. The summed E-state index contributed by atoms with van der Waals surface area (Å²) in [6, 6.07) is 14.4. The van der Waals surface area contributed by atoms with Gasteiger partial charge in [-0.05, 0) is 36.4 Å². The van der Waals surface area contributed by atoms with Gasteiger partial charge in [-0.15, -0.1) is 0 Å². The molecule has 0 aliphatic carbocycles. The Kier molecular flexibility index (Phi) is 3.28. The predicted octanol–water partition coefficient (Wildman–Crippen LogP) is 3.66. The van der Waals surface area contributed by atoms with Gasteiger partial charge in [-0.25, -0.2) is 13.4 Å². The van der Waals surface area contributed by atoms with Crippen LogP contribution < -0.4 is 0 Å². The molecule has 0 N–H and O–H groups in total. The highest BCUT2D eigenvalue weighted by molar-refractivity contribution is 7.90. The van der Waals surface area contributed by atoms with Crippen molar-refractivity contribution in [1.29, 1.82) is 0 Å². The summed E-state index contributed by atoms with van der Waals surface area (Å²) in [5.41, 5.74) is 3.42. The molecule has 0 fully saturated rings. The molecule has 0 saturated carbocycles. The third kappa shape index (κ3) is 2.61. The van der Waals surface area contributed by atoms with Crippen molar-refractivity contribution in [3.8, 4) is 22.6 Å². The highest BCUT2D eigenvalue weighted by atomic mass is 32.2. The van der Waals surface area contributed by atoms with Crippen LogP contribution in [-0.2, 0) is 9.84 Å². The Balaban J connectivity index is 1.75. The van der Waals surface area contributed by atoms with E-state index in [0.29, 0.717) is 4.90 Å². The molecule has 0 unspecified atom stereocenters. The maximum Gasteiger partial charge on any atom is 0.175 e. The monoisotopic (exact) mass is 338 g/mol. The molecule has 0 aliphatic heterocycles. The Morgan fingerprint density at radius 2 is 1.71 bits per heavy atom. The van der Waals surface area contributed by atoms with Crippen molar-refractivity contribution in [1.82, 2.24) is 9.38 Å². The number of pyridine rings is 1. The number of sulfone groups is 1. The van der Waals surface area contributed by atoms with Crippen molar-refractivity contribution < 1.29 is 12.8 Å². The van der Waals surface area contributed by atoms with Gasteiger partial charge in [0.15, 0.2) is 9.84 Å². The van der Waals surface area contributed by atoms with Crippen LogP contribution in [0.1, 0.15) is 0 Å². The molecule has 0 radical (unpaired) electrons. The number of imidazole rings is 1. The minimum atomic E-state index is -3.19. The predicted molar refractivity (Wildman–Crippen MR) is 91.4 cm³/mol. The van der Waals surface area contributed by atoms with E-state index in [2.05, 4.69) is 4.98 Å². The van der Waals surface area contributed by atoms with E-state index in [1.54, 1.807) is 30.5 Å². The molecular weight excluding hydrogens is 324 g/mol. The van der Waals surface area contributed by atoms with E-state index in [9.17, 15) is 8.42 Å². The summed E-state index contributed by atoms with van der Waals surface area (Å²) in [6.07, 6.45) is 6.71. The minimum Gasteiger partial charge on any atom is -0.464 e. The Morgan fingerprint density at radius 1 is 0.958 bits per heavy atom. The van der Waals surface area contributed by atoms with Crippen LogP contribution in [0.25, 0.3) is 28.2 Å². The van der Waals surface area contributed by atoms with E-state index >= 15 is 0 Å². The molecule has 0 atom stereocenters. The van der Waals surface area contributed by atoms with Crippen LogP contribution in [0.4, 0.5) is 0 Å². The number of aromatic nitrogens is 2. The summed E-state index contributed by atoms with van der Waals surface area (Å²) in [7, 11) is -3.19. The number of hydrogen-bond acceptors (Lipinski definition) is 4. The maximum absolute atomic E-state index is 11.5. The lowest BCUT2D eigenvalue weighted by atomic mass is 10.2. The number of benzene rings is 1. The third-order valence-electron chi connectivity index (χ3n) is 3.83. The smallest absolute Gasteiger partial charge is 0.175 e.